The maximum absolute atomic E-state index is 13.6. The second-order valence-corrected chi connectivity index (χ2v) is 9.47. The first-order chi connectivity index (χ1) is 17.4. The van der Waals surface area contributed by atoms with E-state index in [9.17, 15) is 9.59 Å². The fraction of sp³-hybridized carbons (Fsp3) is 0.269. The molecule has 0 aliphatic carbocycles. The van der Waals surface area contributed by atoms with E-state index in [0.29, 0.717) is 61.3 Å². The quantitative estimate of drug-likeness (QED) is 0.283. The van der Waals surface area contributed by atoms with E-state index < -0.39 is 12.0 Å². The van der Waals surface area contributed by atoms with Crippen LogP contribution >= 0.6 is 27.3 Å². The molecule has 10 heteroatoms. The van der Waals surface area contributed by atoms with Crippen LogP contribution in [0.4, 0.5) is 0 Å². The van der Waals surface area contributed by atoms with E-state index in [1.54, 1.807) is 50.3 Å². The summed E-state index contributed by atoms with van der Waals surface area (Å²) >= 11 is 4.50. The molecule has 1 aliphatic heterocycles. The van der Waals surface area contributed by atoms with Crippen molar-refractivity contribution in [2.45, 2.75) is 26.8 Å². The van der Waals surface area contributed by atoms with Gasteiger partial charge >= 0.3 is 5.97 Å². The van der Waals surface area contributed by atoms with Gasteiger partial charge in [-0.15, -0.1) is 0 Å². The molecule has 0 radical (unpaired) electrons. The van der Waals surface area contributed by atoms with Crippen LogP contribution in [-0.4, -0.2) is 30.4 Å². The molecule has 0 spiro atoms. The Balaban J connectivity index is 1.93. The summed E-state index contributed by atoms with van der Waals surface area (Å²) in [5.41, 5.74) is 1.14. The second kappa shape index (κ2) is 11.1. The lowest BCUT2D eigenvalue weighted by Crippen LogP contribution is -2.40. The van der Waals surface area contributed by atoms with E-state index in [1.807, 2.05) is 13.0 Å². The van der Waals surface area contributed by atoms with Crippen molar-refractivity contribution in [1.29, 1.82) is 0 Å². The second-order valence-electron chi connectivity index (χ2n) is 7.68. The third kappa shape index (κ3) is 5.10. The number of esters is 1. The van der Waals surface area contributed by atoms with E-state index in [2.05, 4.69) is 27.5 Å². The summed E-state index contributed by atoms with van der Waals surface area (Å²) < 4.78 is 25.0. The summed E-state index contributed by atoms with van der Waals surface area (Å²) in [5, 5.41) is 0. The number of fused-ring (bicyclic) bond motifs is 1. The molecule has 3 aromatic rings. The lowest BCUT2D eigenvalue weighted by molar-refractivity contribution is -0.139. The Morgan fingerprint density at radius 2 is 2.03 bits per heavy atom. The molecular formula is C26H25BrN2O6S. The number of carbonyl (C=O) groups excluding carboxylic acids is 1. The fourth-order valence-electron chi connectivity index (χ4n) is 3.87. The predicted octanol–water partition coefficient (Wildman–Crippen LogP) is 4.12. The number of allylic oxidation sites excluding steroid dienone is 1. The average molecular weight is 573 g/mol. The number of ether oxygens (including phenoxy) is 3. The van der Waals surface area contributed by atoms with Crippen molar-refractivity contribution >= 4 is 39.3 Å². The van der Waals surface area contributed by atoms with Gasteiger partial charge in [0.2, 0.25) is 0 Å². The Hall–Kier alpha value is -3.37. The van der Waals surface area contributed by atoms with Crippen molar-refractivity contribution in [2.24, 2.45) is 4.99 Å². The van der Waals surface area contributed by atoms with Crippen LogP contribution in [-0.2, 0) is 9.53 Å². The van der Waals surface area contributed by atoms with Gasteiger partial charge in [0.25, 0.3) is 5.56 Å². The van der Waals surface area contributed by atoms with E-state index in [4.69, 9.17) is 18.6 Å². The normalized spacial score (nSPS) is 15.3. The fourth-order valence-corrected chi connectivity index (χ4v) is 5.22. The SMILES string of the molecule is C=CCOc1ccc(C2C(C(=O)OCC)=C(C)N=c3s/c(=C\c4ccc(Br)o4)c(=O)n32)cc1OCC. The molecule has 0 saturated carbocycles. The minimum absolute atomic E-state index is 0.193. The van der Waals surface area contributed by atoms with Gasteiger partial charge in [0.05, 0.1) is 35.1 Å². The van der Waals surface area contributed by atoms with Gasteiger partial charge in [-0.3, -0.25) is 9.36 Å². The number of hydrogen-bond donors (Lipinski definition) is 0. The number of halogens is 1. The lowest BCUT2D eigenvalue weighted by Gasteiger charge is -2.25. The number of nitrogens with zero attached hydrogens (tertiary/aromatic N) is 2. The van der Waals surface area contributed by atoms with Crippen molar-refractivity contribution in [3.05, 3.63) is 89.9 Å². The molecule has 8 nitrogen and oxygen atoms in total. The van der Waals surface area contributed by atoms with Crippen LogP contribution in [0.15, 0.2) is 73.1 Å². The zero-order valence-electron chi connectivity index (χ0n) is 20.1. The van der Waals surface area contributed by atoms with Crippen LogP contribution in [0.25, 0.3) is 6.08 Å². The van der Waals surface area contributed by atoms with Gasteiger partial charge in [-0.25, -0.2) is 9.79 Å². The Labute approximate surface area is 220 Å². The van der Waals surface area contributed by atoms with Gasteiger partial charge in [0, 0.05) is 6.08 Å². The Morgan fingerprint density at radius 3 is 2.69 bits per heavy atom. The molecule has 36 heavy (non-hydrogen) atoms. The van der Waals surface area contributed by atoms with Gasteiger partial charge in [-0.2, -0.15) is 0 Å². The van der Waals surface area contributed by atoms with Crippen molar-refractivity contribution in [1.82, 2.24) is 4.57 Å². The summed E-state index contributed by atoms with van der Waals surface area (Å²) in [4.78, 5) is 31.8. The third-order valence-corrected chi connectivity index (χ3v) is 6.73. The Kier molecular flexibility index (Phi) is 7.95. The van der Waals surface area contributed by atoms with Gasteiger partial charge in [-0.05, 0) is 66.5 Å². The van der Waals surface area contributed by atoms with E-state index in [-0.39, 0.29) is 12.2 Å². The van der Waals surface area contributed by atoms with Crippen LogP contribution < -0.4 is 24.4 Å². The monoisotopic (exact) mass is 572 g/mol. The summed E-state index contributed by atoms with van der Waals surface area (Å²) in [6.45, 7) is 9.94. The number of aromatic nitrogens is 1. The molecule has 1 aliphatic rings. The number of benzene rings is 1. The summed E-state index contributed by atoms with van der Waals surface area (Å²) in [7, 11) is 0. The van der Waals surface area contributed by atoms with Crippen molar-refractivity contribution in [3.8, 4) is 11.5 Å². The molecule has 1 aromatic carbocycles. The van der Waals surface area contributed by atoms with Crippen molar-refractivity contribution in [2.75, 3.05) is 19.8 Å². The molecule has 0 fully saturated rings. The minimum atomic E-state index is -0.765. The zero-order chi connectivity index (χ0) is 25.8. The van der Waals surface area contributed by atoms with E-state index >= 15 is 0 Å². The van der Waals surface area contributed by atoms with E-state index in [1.165, 1.54) is 15.9 Å². The first-order valence-corrected chi connectivity index (χ1v) is 12.9. The first-order valence-electron chi connectivity index (χ1n) is 11.3. The number of rotatable bonds is 9. The molecule has 2 aromatic heterocycles. The van der Waals surface area contributed by atoms with Crippen LogP contribution in [0.2, 0.25) is 0 Å². The van der Waals surface area contributed by atoms with E-state index in [0.717, 1.165) is 0 Å². The number of furan rings is 1. The molecule has 0 N–H and O–H groups in total. The average Bonchev–Trinajstić information content (AvgIpc) is 3.39. The van der Waals surface area contributed by atoms with Crippen LogP contribution in [0.3, 0.4) is 0 Å². The first kappa shape index (κ1) is 25.7. The maximum Gasteiger partial charge on any atom is 0.338 e. The van der Waals surface area contributed by atoms with Gasteiger partial charge < -0.3 is 18.6 Å². The molecular weight excluding hydrogens is 548 g/mol. The Morgan fingerprint density at radius 1 is 1.22 bits per heavy atom. The summed E-state index contributed by atoms with van der Waals surface area (Å²) in [6, 6.07) is 8.10. The largest absolute Gasteiger partial charge is 0.490 e. The smallest absolute Gasteiger partial charge is 0.338 e. The molecule has 0 saturated heterocycles. The molecule has 0 bridgehead atoms. The molecule has 0 amide bonds. The number of hydrogen-bond acceptors (Lipinski definition) is 8. The minimum Gasteiger partial charge on any atom is -0.490 e. The highest BCUT2D eigenvalue weighted by atomic mass is 79.9. The van der Waals surface area contributed by atoms with Crippen molar-refractivity contribution < 1.29 is 23.4 Å². The lowest BCUT2D eigenvalue weighted by atomic mass is 9.95. The topological polar surface area (TPSA) is 92.3 Å². The third-order valence-electron chi connectivity index (χ3n) is 5.32. The van der Waals surface area contributed by atoms with Crippen LogP contribution in [0, 0.1) is 0 Å². The molecule has 3 heterocycles. The maximum atomic E-state index is 13.6. The van der Waals surface area contributed by atoms with Gasteiger partial charge in [0.15, 0.2) is 21.0 Å². The highest BCUT2D eigenvalue weighted by molar-refractivity contribution is 9.10. The van der Waals surface area contributed by atoms with Gasteiger partial charge in [-0.1, -0.05) is 30.1 Å². The Bertz CT molecular complexity index is 1510. The van der Waals surface area contributed by atoms with Crippen molar-refractivity contribution in [3.63, 3.8) is 0 Å². The molecule has 1 unspecified atom stereocenters. The van der Waals surface area contributed by atoms with Crippen LogP contribution in [0.1, 0.15) is 38.1 Å². The highest BCUT2D eigenvalue weighted by Crippen LogP contribution is 2.36. The van der Waals surface area contributed by atoms with Crippen LogP contribution in [0.5, 0.6) is 11.5 Å². The molecule has 1 atom stereocenters. The molecule has 188 valence electrons. The highest BCUT2D eigenvalue weighted by Gasteiger charge is 2.34. The predicted molar refractivity (Wildman–Crippen MR) is 140 cm³/mol. The standard InChI is InChI=1S/C26H25BrN2O6S/c1-5-12-34-18-10-8-16(13-19(18)32-6-2)23-22(25(31)33-7-3)15(4)28-26-29(23)24(30)20(36-26)14-17-9-11-21(27)35-17/h5,8-11,13-14,23H,1,6-7,12H2,2-4H3/b20-14-. The number of carbonyl (C=O) groups is 1. The summed E-state index contributed by atoms with van der Waals surface area (Å²) in [5.74, 6) is 1.03. The molecule has 4 rings (SSSR count). The zero-order valence-corrected chi connectivity index (χ0v) is 22.5. The van der Waals surface area contributed by atoms with Gasteiger partial charge in [0.1, 0.15) is 12.4 Å². The summed E-state index contributed by atoms with van der Waals surface area (Å²) in [6.07, 6.45) is 3.30. The number of thiazole rings is 1.